The van der Waals surface area contributed by atoms with Crippen LogP contribution in [0, 0.1) is 17.8 Å². The summed E-state index contributed by atoms with van der Waals surface area (Å²) >= 11 is 0. The zero-order chi connectivity index (χ0) is 14.9. The third-order valence-corrected chi connectivity index (χ3v) is 2.84. The highest BCUT2D eigenvalue weighted by Crippen LogP contribution is 2.32. The summed E-state index contributed by atoms with van der Waals surface area (Å²) in [6, 6.07) is 0. The van der Waals surface area contributed by atoms with E-state index in [0.29, 0.717) is 5.57 Å². The first-order valence-electron chi connectivity index (χ1n) is 5.89. The summed E-state index contributed by atoms with van der Waals surface area (Å²) in [5, 5.41) is 0. The molecular formula is C15H20O4. The van der Waals surface area contributed by atoms with Crippen LogP contribution in [0.25, 0.3) is 0 Å². The van der Waals surface area contributed by atoms with Gasteiger partial charge in [-0.2, -0.15) is 0 Å². The van der Waals surface area contributed by atoms with Gasteiger partial charge in [-0.25, -0.2) is 0 Å². The quantitative estimate of drug-likeness (QED) is 0.319. The lowest BCUT2D eigenvalue weighted by Crippen LogP contribution is -2.40. The van der Waals surface area contributed by atoms with Gasteiger partial charge in [0.25, 0.3) is 0 Å². The number of carbonyl (C=O) groups is 2. The first-order chi connectivity index (χ1) is 8.98. The fourth-order valence-electron chi connectivity index (χ4n) is 1.60. The molecule has 0 amide bonds. The third-order valence-electron chi connectivity index (χ3n) is 2.84. The summed E-state index contributed by atoms with van der Waals surface area (Å²) in [7, 11) is 2.49. The van der Waals surface area contributed by atoms with Gasteiger partial charge in [0, 0.05) is 0 Å². The Morgan fingerprint density at radius 3 is 2.11 bits per heavy atom. The second-order valence-corrected chi connectivity index (χ2v) is 4.07. The minimum Gasteiger partial charge on any atom is -0.468 e. The Hall–Kier alpha value is -2.02. The first kappa shape index (κ1) is 17.0. The van der Waals surface area contributed by atoms with Crippen LogP contribution in [0.4, 0.5) is 0 Å². The molecule has 0 radical (unpaired) electrons. The van der Waals surface area contributed by atoms with Crippen molar-refractivity contribution in [1.82, 2.24) is 0 Å². The highest BCUT2D eigenvalue weighted by molar-refractivity contribution is 6.00. The van der Waals surface area contributed by atoms with E-state index in [9.17, 15) is 9.59 Å². The van der Waals surface area contributed by atoms with Gasteiger partial charge in [0.2, 0.25) is 0 Å². The van der Waals surface area contributed by atoms with Crippen molar-refractivity contribution >= 4 is 11.9 Å². The SMILES string of the molecule is C#C/C(C)=C\CC(C/C=C/C)(C(=O)OC)C(=O)OC. The molecule has 0 atom stereocenters. The van der Waals surface area contributed by atoms with Crippen molar-refractivity contribution in [3.05, 3.63) is 23.8 Å². The fourth-order valence-corrected chi connectivity index (χ4v) is 1.60. The highest BCUT2D eigenvalue weighted by atomic mass is 16.5. The number of hydrogen-bond acceptors (Lipinski definition) is 4. The summed E-state index contributed by atoms with van der Waals surface area (Å²) < 4.78 is 9.49. The average Bonchev–Trinajstić information content (AvgIpc) is 2.45. The second kappa shape index (κ2) is 8.15. The van der Waals surface area contributed by atoms with Crippen LogP contribution in [0.3, 0.4) is 0 Å². The Morgan fingerprint density at radius 2 is 1.74 bits per heavy atom. The van der Waals surface area contributed by atoms with Gasteiger partial charge in [-0.15, -0.1) is 6.42 Å². The summed E-state index contributed by atoms with van der Waals surface area (Å²) in [4.78, 5) is 24.0. The number of hydrogen-bond donors (Lipinski definition) is 0. The zero-order valence-electron chi connectivity index (χ0n) is 11.9. The molecule has 0 heterocycles. The first-order valence-corrected chi connectivity index (χ1v) is 5.89. The van der Waals surface area contributed by atoms with E-state index in [1.807, 2.05) is 6.92 Å². The maximum absolute atomic E-state index is 12.0. The fraction of sp³-hybridized carbons (Fsp3) is 0.467. The highest BCUT2D eigenvalue weighted by Gasteiger charge is 2.46. The number of ether oxygens (including phenoxy) is 2. The molecule has 0 fully saturated rings. The van der Waals surface area contributed by atoms with E-state index < -0.39 is 17.4 Å². The van der Waals surface area contributed by atoms with Crippen LogP contribution in [0.5, 0.6) is 0 Å². The van der Waals surface area contributed by atoms with Crippen LogP contribution in [0.15, 0.2) is 23.8 Å². The van der Waals surface area contributed by atoms with Gasteiger partial charge < -0.3 is 9.47 Å². The molecule has 19 heavy (non-hydrogen) atoms. The van der Waals surface area contributed by atoms with Crippen molar-refractivity contribution in [2.45, 2.75) is 26.7 Å². The number of terminal acetylenes is 1. The number of methoxy groups -OCH3 is 2. The molecule has 0 rings (SSSR count). The summed E-state index contributed by atoms with van der Waals surface area (Å²) in [6.07, 6.45) is 10.8. The van der Waals surface area contributed by atoms with Crippen molar-refractivity contribution in [3.8, 4) is 12.3 Å². The van der Waals surface area contributed by atoms with Crippen LogP contribution >= 0.6 is 0 Å². The predicted molar refractivity (Wildman–Crippen MR) is 73.1 cm³/mol. The van der Waals surface area contributed by atoms with Crippen LogP contribution in [-0.2, 0) is 19.1 Å². The molecule has 0 saturated heterocycles. The molecule has 4 heteroatoms. The van der Waals surface area contributed by atoms with E-state index in [2.05, 4.69) is 5.92 Å². The minimum absolute atomic E-state index is 0.146. The van der Waals surface area contributed by atoms with Gasteiger partial charge in [0.15, 0.2) is 5.41 Å². The lowest BCUT2D eigenvalue weighted by atomic mass is 9.80. The monoisotopic (exact) mass is 264 g/mol. The molecular weight excluding hydrogens is 244 g/mol. The maximum atomic E-state index is 12.0. The van der Waals surface area contributed by atoms with Gasteiger partial charge in [0.1, 0.15) is 0 Å². The molecule has 4 nitrogen and oxygen atoms in total. The zero-order valence-corrected chi connectivity index (χ0v) is 11.9. The lowest BCUT2D eigenvalue weighted by molar-refractivity contribution is -0.168. The molecule has 0 aromatic rings. The Morgan fingerprint density at radius 1 is 1.21 bits per heavy atom. The third kappa shape index (κ3) is 4.29. The summed E-state index contributed by atoms with van der Waals surface area (Å²) in [5.74, 6) is 1.19. The largest absolute Gasteiger partial charge is 0.468 e. The lowest BCUT2D eigenvalue weighted by Gasteiger charge is -2.25. The molecule has 0 aliphatic carbocycles. The number of esters is 2. The van der Waals surface area contributed by atoms with E-state index >= 15 is 0 Å². The van der Waals surface area contributed by atoms with Crippen LogP contribution in [0.1, 0.15) is 26.7 Å². The van der Waals surface area contributed by atoms with E-state index in [4.69, 9.17) is 15.9 Å². The minimum atomic E-state index is -1.38. The predicted octanol–water partition coefficient (Wildman–Crippen LogP) is 2.25. The van der Waals surface area contributed by atoms with Crippen molar-refractivity contribution in [2.75, 3.05) is 14.2 Å². The summed E-state index contributed by atoms with van der Waals surface area (Å²) in [6.45, 7) is 3.54. The van der Waals surface area contributed by atoms with E-state index in [1.54, 1.807) is 25.2 Å². The van der Waals surface area contributed by atoms with Gasteiger partial charge >= 0.3 is 11.9 Å². The van der Waals surface area contributed by atoms with Gasteiger partial charge in [0.05, 0.1) is 14.2 Å². The van der Waals surface area contributed by atoms with E-state index in [1.165, 1.54) is 14.2 Å². The molecule has 0 spiro atoms. The van der Waals surface area contributed by atoms with Crippen LogP contribution < -0.4 is 0 Å². The number of rotatable bonds is 6. The second-order valence-electron chi connectivity index (χ2n) is 4.07. The molecule has 0 N–H and O–H groups in total. The average molecular weight is 264 g/mol. The molecule has 0 aromatic carbocycles. The van der Waals surface area contributed by atoms with Crippen molar-refractivity contribution in [1.29, 1.82) is 0 Å². The maximum Gasteiger partial charge on any atom is 0.323 e. The molecule has 0 aliphatic heterocycles. The van der Waals surface area contributed by atoms with Crippen LogP contribution in [-0.4, -0.2) is 26.2 Å². The van der Waals surface area contributed by atoms with Crippen molar-refractivity contribution in [2.24, 2.45) is 5.41 Å². The van der Waals surface area contributed by atoms with Gasteiger partial charge in [-0.05, 0) is 32.3 Å². The smallest absolute Gasteiger partial charge is 0.323 e. The molecule has 0 saturated carbocycles. The standard InChI is InChI=1S/C15H20O4/c1-6-8-10-15(13(16)18-4,14(17)19-5)11-9-12(3)7-2/h2,6,8-9H,10-11H2,1,3-5H3/b8-6+,12-9-. The Labute approximate surface area is 114 Å². The molecule has 104 valence electrons. The van der Waals surface area contributed by atoms with Crippen molar-refractivity contribution < 1.29 is 19.1 Å². The Bertz CT molecular complexity index is 408. The van der Waals surface area contributed by atoms with E-state index in [-0.39, 0.29) is 12.8 Å². The summed E-state index contributed by atoms with van der Waals surface area (Å²) in [5.41, 5.74) is -0.730. The normalized spacial score (nSPS) is 12.1. The topological polar surface area (TPSA) is 52.6 Å². The molecule has 0 unspecified atom stereocenters. The Balaban J connectivity index is 5.55. The molecule has 0 aromatic heterocycles. The van der Waals surface area contributed by atoms with Crippen molar-refractivity contribution in [3.63, 3.8) is 0 Å². The van der Waals surface area contributed by atoms with Gasteiger partial charge in [-0.1, -0.05) is 24.1 Å². The van der Waals surface area contributed by atoms with E-state index in [0.717, 1.165) is 0 Å². The van der Waals surface area contributed by atoms with Crippen LogP contribution in [0.2, 0.25) is 0 Å². The number of allylic oxidation sites excluding steroid dienone is 4. The number of carbonyl (C=O) groups excluding carboxylic acids is 2. The van der Waals surface area contributed by atoms with Gasteiger partial charge in [-0.3, -0.25) is 9.59 Å². The Kier molecular flexibility index (Phi) is 7.28. The molecule has 0 aliphatic rings. The molecule has 0 bridgehead atoms.